The first-order valence-corrected chi connectivity index (χ1v) is 9.34. The van der Waals surface area contributed by atoms with Gasteiger partial charge in [-0.1, -0.05) is 39.7 Å². The van der Waals surface area contributed by atoms with E-state index in [-0.39, 0.29) is 6.61 Å². The average molecular weight is 456 g/mol. The van der Waals surface area contributed by atoms with Gasteiger partial charge in [0.05, 0.1) is 5.02 Å². The molecule has 27 heavy (non-hydrogen) atoms. The van der Waals surface area contributed by atoms with Gasteiger partial charge in [0.15, 0.2) is 12.7 Å². The first kappa shape index (κ1) is 21.1. The molecule has 2 rings (SSSR count). The molecule has 0 saturated heterocycles. The van der Waals surface area contributed by atoms with Gasteiger partial charge in [0.1, 0.15) is 11.5 Å². The number of aryl methyl sites for hydroxylation is 2. The Hall–Kier alpha value is -2.25. The standard InChI is InChI=1S/C19H20BrClN2O4/c1-11-4-5-12(2)17(8-11)27-13(3)19(25)23-22-18(24)10-26-16-7-6-14(20)9-15(16)21/h4-9,13H,10H2,1-3H3,(H,22,24)(H,23,25). The van der Waals surface area contributed by atoms with Crippen LogP contribution in [0.3, 0.4) is 0 Å². The van der Waals surface area contributed by atoms with Gasteiger partial charge in [0.25, 0.3) is 11.8 Å². The number of ether oxygens (including phenoxy) is 2. The summed E-state index contributed by atoms with van der Waals surface area (Å²) in [5, 5.41) is 0.372. The first-order chi connectivity index (χ1) is 12.8. The smallest absolute Gasteiger partial charge is 0.279 e. The van der Waals surface area contributed by atoms with Crippen LogP contribution in [0.25, 0.3) is 0 Å². The number of halogens is 2. The molecule has 2 amide bonds. The van der Waals surface area contributed by atoms with Crippen LogP contribution in [0.2, 0.25) is 5.02 Å². The van der Waals surface area contributed by atoms with Crippen LogP contribution in [-0.2, 0) is 9.59 Å². The van der Waals surface area contributed by atoms with E-state index in [1.54, 1.807) is 25.1 Å². The van der Waals surface area contributed by atoms with Gasteiger partial charge in [-0.25, -0.2) is 0 Å². The summed E-state index contributed by atoms with van der Waals surface area (Å²) in [6, 6.07) is 10.8. The summed E-state index contributed by atoms with van der Waals surface area (Å²) >= 11 is 9.29. The molecular formula is C19H20BrClN2O4. The van der Waals surface area contributed by atoms with Crippen molar-refractivity contribution in [3.05, 3.63) is 57.0 Å². The lowest BCUT2D eigenvalue weighted by atomic mass is 10.1. The summed E-state index contributed by atoms with van der Waals surface area (Å²) in [6.07, 6.45) is -0.785. The molecule has 0 spiro atoms. The molecule has 0 aliphatic heterocycles. The lowest BCUT2D eigenvalue weighted by Crippen LogP contribution is -2.48. The van der Waals surface area contributed by atoms with E-state index in [1.807, 2.05) is 32.0 Å². The number of benzene rings is 2. The topological polar surface area (TPSA) is 76.7 Å². The van der Waals surface area contributed by atoms with Crippen LogP contribution in [0.4, 0.5) is 0 Å². The maximum absolute atomic E-state index is 12.1. The molecule has 2 aromatic carbocycles. The number of hydrazine groups is 1. The monoisotopic (exact) mass is 454 g/mol. The van der Waals surface area contributed by atoms with Crippen LogP contribution in [0.15, 0.2) is 40.9 Å². The van der Waals surface area contributed by atoms with Gasteiger partial charge in [-0.2, -0.15) is 0 Å². The van der Waals surface area contributed by atoms with E-state index in [0.29, 0.717) is 16.5 Å². The normalized spacial score (nSPS) is 11.4. The second-order valence-corrected chi connectivity index (χ2v) is 7.25. The Balaban J connectivity index is 1.80. The molecule has 0 aromatic heterocycles. The molecular weight excluding hydrogens is 436 g/mol. The summed E-state index contributed by atoms with van der Waals surface area (Å²) in [7, 11) is 0. The molecule has 1 unspecified atom stereocenters. The van der Waals surface area contributed by atoms with Crippen molar-refractivity contribution >= 4 is 39.3 Å². The van der Waals surface area contributed by atoms with Gasteiger partial charge >= 0.3 is 0 Å². The maximum Gasteiger partial charge on any atom is 0.279 e. The van der Waals surface area contributed by atoms with Crippen molar-refractivity contribution < 1.29 is 19.1 Å². The van der Waals surface area contributed by atoms with Gasteiger partial charge in [0.2, 0.25) is 0 Å². The van der Waals surface area contributed by atoms with Gasteiger partial charge in [-0.05, 0) is 56.2 Å². The number of hydrogen-bond acceptors (Lipinski definition) is 4. The summed E-state index contributed by atoms with van der Waals surface area (Å²) in [6.45, 7) is 5.13. The second kappa shape index (κ2) is 9.62. The number of carbonyl (C=O) groups excluding carboxylic acids is 2. The minimum absolute atomic E-state index is 0.298. The highest BCUT2D eigenvalue weighted by Crippen LogP contribution is 2.27. The highest BCUT2D eigenvalue weighted by atomic mass is 79.9. The third-order valence-corrected chi connectivity index (χ3v) is 4.38. The Kier molecular flexibility index (Phi) is 7.50. The van der Waals surface area contributed by atoms with Crippen LogP contribution in [0, 0.1) is 13.8 Å². The van der Waals surface area contributed by atoms with Crippen LogP contribution < -0.4 is 20.3 Å². The zero-order chi connectivity index (χ0) is 20.0. The minimum atomic E-state index is -0.785. The van der Waals surface area contributed by atoms with Crippen LogP contribution in [-0.4, -0.2) is 24.5 Å². The molecule has 0 bridgehead atoms. The third kappa shape index (κ3) is 6.45. The molecule has 2 N–H and O–H groups in total. The maximum atomic E-state index is 12.1. The van der Waals surface area contributed by atoms with Crippen molar-refractivity contribution in [2.75, 3.05) is 6.61 Å². The van der Waals surface area contributed by atoms with Crippen molar-refractivity contribution in [3.8, 4) is 11.5 Å². The van der Waals surface area contributed by atoms with E-state index in [0.717, 1.165) is 15.6 Å². The minimum Gasteiger partial charge on any atom is -0.482 e. The Labute approximate surface area is 171 Å². The molecule has 8 heteroatoms. The lowest BCUT2D eigenvalue weighted by molar-refractivity contribution is -0.133. The summed E-state index contributed by atoms with van der Waals surface area (Å²) in [5.74, 6) is -0.0163. The highest BCUT2D eigenvalue weighted by molar-refractivity contribution is 9.10. The zero-order valence-corrected chi connectivity index (χ0v) is 17.5. The number of amides is 2. The molecule has 0 aliphatic carbocycles. The summed E-state index contributed by atoms with van der Waals surface area (Å²) in [5.41, 5.74) is 6.54. The van der Waals surface area contributed by atoms with Crippen molar-refractivity contribution in [2.45, 2.75) is 26.9 Å². The zero-order valence-electron chi connectivity index (χ0n) is 15.1. The second-order valence-electron chi connectivity index (χ2n) is 5.93. The van der Waals surface area contributed by atoms with Gasteiger partial charge in [-0.3, -0.25) is 20.4 Å². The summed E-state index contributed by atoms with van der Waals surface area (Å²) < 4.78 is 11.8. The van der Waals surface area contributed by atoms with Crippen molar-refractivity contribution in [3.63, 3.8) is 0 Å². The highest BCUT2D eigenvalue weighted by Gasteiger charge is 2.16. The molecule has 6 nitrogen and oxygen atoms in total. The molecule has 1 atom stereocenters. The van der Waals surface area contributed by atoms with Crippen LogP contribution in [0.1, 0.15) is 18.1 Å². The fourth-order valence-corrected chi connectivity index (χ4v) is 2.81. The van der Waals surface area contributed by atoms with Crippen molar-refractivity contribution in [1.29, 1.82) is 0 Å². The molecule has 2 aromatic rings. The van der Waals surface area contributed by atoms with Crippen molar-refractivity contribution in [1.82, 2.24) is 10.9 Å². The molecule has 0 radical (unpaired) electrons. The number of hydrogen-bond donors (Lipinski definition) is 2. The van der Waals surface area contributed by atoms with E-state index in [2.05, 4.69) is 26.8 Å². The lowest BCUT2D eigenvalue weighted by Gasteiger charge is -2.17. The Morgan fingerprint density at radius 3 is 2.56 bits per heavy atom. The number of nitrogens with one attached hydrogen (secondary N) is 2. The summed E-state index contributed by atoms with van der Waals surface area (Å²) in [4.78, 5) is 23.9. The van der Waals surface area contributed by atoms with E-state index in [9.17, 15) is 9.59 Å². The van der Waals surface area contributed by atoms with E-state index < -0.39 is 17.9 Å². The third-order valence-electron chi connectivity index (χ3n) is 3.59. The Bertz CT molecular complexity index is 844. The van der Waals surface area contributed by atoms with E-state index in [4.69, 9.17) is 21.1 Å². The average Bonchev–Trinajstić information content (AvgIpc) is 2.61. The van der Waals surface area contributed by atoms with Crippen molar-refractivity contribution in [2.24, 2.45) is 0 Å². The fourth-order valence-electron chi connectivity index (χ4n) is 2.08. The molecule has 0 heterocycles. The predicted molar refractivity (Wildman–Crippen MR) is 107 cm³/mol. The number of carbonyl (C=O) groups is 2. The molecule has 0 fully saturated rings. The van der Waals surface area contributed by atoms with E-state index in [1.165, 1.54) is 0 Å². The largest absolute Gasteiger partial charge is 0.482 e. The fraction of sp³-hybridized carbons (Fsp3) is 0.263. The molecule has 144 valence electrons. The van der Waals surface area contributed by atoms with Gasteiger partial charge < -0.3 is 9.47 Å². The molecule has 0 saturated carbocycles. The SMILES string of the molecule is Cc1ccc(C)c(OC(C)C(=O)NNC(=O)COc2ccc(Br)cc2Cl)c1. The molecule has 0 aliphatic rings. The van der Waals surface area contributed by atoms with Crippen LogP contribution >= 0.6 is 27.5 Å². The van der Waals surface area contributed by atoms with Crippen LogP contribution in [0.5, 0.6) is 11.5 Å². The number of rotatable bonds is 6. The van der Waals surface area contributed by atoms with E-state index >= 15 is 0 Å². The Morgan fingerprint density at radius 1 is 1.11 bits per heavy atom. The van der Waals surface area contributed by atoms with Gasteiger partial charge in [0, 0.05) is 4.47 Å². The van der Waals surface area contributed by atoms with Gasteiger partial charge in [-0.15, -0.1) is 0 Å². The quantitative estimate of drug-likeness (QED) is 0.651. The first-order valence-electron chi connectivity index (χ1n) is 8.16. The Morgan fingerprint density at radius 2 is 1.85 bits per heavy atom. The predicted octanol–water partition coefficient (Wildman–Crippen LogP) is 3.71.